The SMILES string of the molecule is CCC[C@]1(CO)CCN(Cc2ccccc2C#N)C[C@H]1O.O=CO. The summed E-state index contributed by atoms with van der Waals surface area (Å²) in [5.74, 6) is 0. The van der Waals surface area contributed by atoms with Crippen LogP contribution >= 0.6 is 0 Å². The number of aliphatic hydroxyl groups excluding tert-OH is 2. The molecule has 132 valence electrons. The number of benzene rings is 1. The van der Waals surface area contributed by atoms with Crippen LogP contribution in [0.3, 0.4) is 0 Å². The van der Waals surface area contributed by atoms with Crippen molar-refractivity contribution in [2.45, 2.75) is 38.8 Å². The number of piperidine rings is 1. The largest absolute Gasteiger partial charge is 0.483 e. The summed E-state index contributed by atoms with van der Waals surface area (Å²) in [6.07, 6.45) is 2.11. The molecule has 3 N–H and O–H groups in total. The molecule has 0 radical (unpaired) electrons. The van der Waals surface area contributed by atoms with Gasteiger partial charge in [0, 0.05) is 18.5 Å². The maximum atomic E-state index is 10.5. The van der Waals surface area contributed by atoms with E-state index in [1.54, 1.807) is 0 Å². The molecule has 6 nitrogen and oxygen atoms in total. The maximum Gasteiger partial charge on any atom is 0.290 e. The van der Waals surface area contributed by atoms with E-state index in [1.807, 2.05) is 24.3 Å². The molecule has 2 rings (SSSR count). The average Bonchev–Trinajstić information content (AvgIpc) is 2.59. The van der Waals surface area contributed by atoms with Crippen molar-refractivity contribution in [1.29, 1.82) is 5.26 Å². The summed E-state index contributed by atoms with van der Waals surface area (Å²) in [5.41, 5.74) is 1.35. The highest BCUT2D eigenvalue weighted by Crippen LogP contribution is 2.36. The van der Waals surface area contributed by atoms with E-state index >= 15 is 0 Å². The molecule has 1 fully saturated rings. The van der Waals surface area contributed by atoms with Gasteiger partial charge in [-0.2, -0.15) is 5.26 Å². The van der Waals surface area contributed by atoms with Crippen molar-refractivity contribution < 1.29 is 20.1 Å². The molecule has 1 aromatic carbocycles. The fourth-order valence-electron chi connectivity index (χ4n) is 3.28. The normalized spacial score (nSPS) is 23.7. The molecule has 24 heavy (non-hydrogen) atoms. The number of nitrogens with zero attached hydrogens (tertiary/aromatic N) is 2. The van der Waals surface area contributed by atoms with Crippen LogP contribution in [0.4, 0.5) is 0 Å². The van der Waals surface area contributed by atoms with Gasteiger partial charge in [0.25, 0.3) is 6.47 Å². The smallest absolute Gasteiger partial charge is 0.290 e. The topological polar surface area (TPSA) is 105 Å². The van der Waals surface area contributed by atoms with Gasteiger partial charge in [-0.05, 0) is 31.0 Å². The van der Waals surface area contributed by atoms with Gasteiger partial charge < -0.3 is 15.3 Å². The minimum Gasteiger partial charge on any atom is -0.483 e. The molecule has 0 bridgehead atoms. The number of rotatable bonds is 5. The van der Waals surface area contributed by atoms with Crippen LogP contribution in [0.2, 0.25) is 0 Å². The van der Waals surface area contributed by atoms with Gasteiger partial charge in [-0.1, -0.05) is 31.5 Å². The Morgan fingerprint density at radius 1 is 1.46 bits per heavy atom. The Morgan fingerprint density at radius 2 is 2.12 bits per heavy atom. The summed E-state index contributed by atoms with van der Waals surface area (Å²) in [6.45, 7) is 3.95. The van der Waals surface area contributed by atoms with Crippen molar-refractivity contribution in [1.82, 2.24) is 4.90 Å². The second kappa shape index (κ2) is 10.0. The second-order valence-electron chi connectivity index (χ2n) is 6.15. The molecule has 6 heteroatoms. The molecular formula is C18H26N2O4. The predicted molar refractivity (Wildman–Crippen MR) is 90.2 cm³/mol. The van der Waals surface area contributed by atoms with Crippen molar-refractivity contribution >= 4 is 6.47 Å². The van der Waals surface area contributed by atoms with Crippen LogP contribution in [0, 0.1) is 16.7 Å². The van der Waals surface area contributed by atoms with E-state index < -0.39 is 6.10 Å². The molecule has 0 spiro atoms. The van der Waals surface area contributed by atoms with Crippen LogP contribution in [-0.2, 0) is 11.3 Å². The molecule has 1 aromatic rings. The number of hydrogen-bond donors (Lipinski definition) is 3. The lowest BCUT2D eigenvalue weighted by molar-refractivity contribution is -0.122. The van der Waals surface area contributed by atoms with Crippen molar-refractivity contribution in [3.8, 4) is 6.07 Å². The van der Waals surface area contributed by atoms with Crippen molar-refractivity contribution in [2.75, 3.05) is 19.7 Å². The molecule has 2 atom stereocenters. The second-order valence-corrected chi connectivity index (χ2v) is 6.15. The van der Waals surface area contributed by atoms with Crippen molar-refractivity contribution in [2.24, 2.45) is 5.41 Å². The molecule has 0 unspecified atom stereocenters. The number of carbonyl (C=O) groups is 1. The molecule has 1 heterocycles. The van der Waals surface area contributed by atoms with Gasteiger partial charge in [0.15, 0.2) is 0 Å². The van der Waals surface area contributed by atoms with E-state index in [1.165, 1.54) is 0 Å². The summed E-state index contributed by atoms with van der Waals surface area (Å²) >= 11 is 0. The zero-order valence-corrected chi connectivity index (χ0v) is 14.1. The first-order valence-corrected chi connectivity index (χ1v) is 8.14. The lowest BCUT2D eigenvalue weighted by Crippen LogP contribution is -2.52. The summed E-state index contributed by atoms with van der Waals surface area (Å²) in [6, 6.07) is 9.80. The van der Waals surface area contributed by atoms with Gasteiger partial charge in [-0.3, -0.25) is 9.69 Å². The number of β-amino-alcohol motifs (C(OH)–C–C–N with tert-alkyl or cyclic N) is 1. The van der Waals surface area contributed by atoms with Crippen LogP contribution in [0.5, 0.6) is 0 Å². The van der Waals surface area contributed by atoms with Gasteiger partial charge in [-0.15, -0.1) is 0 Å². The molecule has 1 aliphatic rings. The van der Waals surface area contributed by atoms with Crippen molar-refractivity contribution in [3.05, 3.63) is 35.4 Å². The Hall–Kier alpha value is -1.94. The zero-order chi connectivity index (χ0) is 18.0. The van der Waals surface area contributed by atoms with Crippen LogP contribution in [0.25, 0.3) is 0 Å². The standard InChI is InChI=1S/C17H24N2O2.CH2O2/c1-2-7-17(13-20)8-9-19(12-16(17)21)11-15-6-4-3-5-14(15)10-18;2-1-3/h3-6,16,20-21H,2,7-9,11-13H2,1H3;1H,(H,2,3)/t16-,17-;/m1./s1. The highest BCUT2D eigenvalue weighted by molar-refractivity contribution is 5.37. The summed E-state index contributed by atoms with van der Waals surface area (Å²) in [5, 5.41) is 36.2. The van der Waals surface area contributed by atoms with E-state index in [4.69, 9.17) is 15.2 Å². The van der Waals surface area contributed by atoms with E-state index in [9.17, 15) is 10.2 Å². The number of nitriles is 1. The fraction of sp³-hybridized carbons (Fsp3) is 0.556. The first-order chi connectivity index (χ1) is 11.6. The molecule has 0 amide bonds. The number of carboxylic acid groups (broad SMARTS) is 1. The minimum atomic E-state index is -0.509. The predicted octanol–water partition coefficient (Wildman–Crippen LogP) is 1.60. The lowest BCUT2D eigenvalue weighted by atomic mass is 9.73. The first kappa shape index (κ1) is 20.1. The average molecular weight is 334 g/mol. The fourth-order valence-corrected chi connectivity index (χ4v) is 3.28. The van der Waals surface area contributed by atoms with E-state index in [0.717, 1.165) is 31.4 Å². The van der Waals surface area contributed by atoms with Crippen LogP contribution in [0.15, 0.2) is 24.3 Å². The third kappa shape index (κ3) is 5.03. The molecule has 0 aliphatic carbocycles. The Morgan fingerprint density at radius 3 is 2.67 bits per heavy atom. The van der Waals surface area contributed by atoms with Crippen LogP contribution in [-0.4, -0.2) is 52.5 Å². The van der Waals surface area contributed by atoms with Gasteiger partial charge >= 0.3 is 0 Å². The minimum absolute atomic E-state index is 0.0463. The number of likely N-dealkylation sites (tertiary alicyclic amines) is 1. The number of aliphatic hydroxyl groups is 2. The van der Waals surface area contributed by atoms with E-state index in [-0.39, 0.29) is 18.5 Å². The third-order valence-electron chi connectivity index (χ3n) is 4.66. The zero-order valence-electron chi connectivity index (χ0n) is 14.1. The molecule has 0 aromatic heterocycles. The van der Waals surface area contributed by atoms with Gasteiger partial charge in [0.2, 0.25) is 0 Å². The Labute approximate surface area is 143 Å². The van der Waals surface area contributed by atoms with Gasteiger partial charge in [0.1, 0.15) is 0 Å². The Bertz CT molecular complexity index is 558. The van der Waals surface area contributed by atoms with E-state index in [2.05, 4.69) is 17.9 Å². The van der Waals surface area contributed by atoms with Gasteiger partial charge in [0.05, 0.1) is 24.3 Å². The third-order valence-corrected chi connectivity index (χ3v) is 4.66. The van der Waals surface area contributed by atoms with Crippen LogP contribution < -0.4 is 0 Å². The highest BCUT2D eigenvalue weighted by Gasteiger charge is 2.40. The van der Waals surface area contributed by atoms with Gasteiger partial charge in [-0.25, -0.2) is 0 Å². The van der Waals surface area contributed by atoms with Crippen LogP contribution in [0.1, 0.15) is 37.3 Å². The monoisotopic (exact) mass is 334 g/mol. The summed E-state index contributed by atoms with van der Waals surface area (Å²) in [7, 11) is 0. The quantitative estimate of drug-likeness (QED) is 0.707. The first-order valence-electron chi connectivity index (χ1n) is 8.14. The Balaban J connectivity index is 0.000000891. The molecule has 1 aliphatic heterocycles. The maximum absolute atomic E-state index is 10.5. The number of hydrogen-bond acceptors (Lipinski definition) is 5. The summed E-state index contributed by atoms with van der Waals surface area (Å²) in [4.78, 5) is 10.5. The van der Waals surface area contributed by atoms with Crippen molar-refractivity contribution in [3.63, 3.8) is 0 Å². The molecule has 0 saturated carbocycles. The lowest BCUT2D eigenvalue weighted by Gasteiger charge is -2.44. The Kier molecular flexibility index (Phi) is 8.41. The highest BCUT2D eigenvalue weighted by atomic mass is 16.3. The summed E-state index contributed by atoms with van der Waals surface area (Å²) < 4.78 is 0. The van der Waals surface area contributed by atoms with E-state index in [0.29, 0.717) is 18.7 Å². The molecular weight excluding hydrogens is 308 g/mol. The molecule has 1 saturated heterocycles.